The Morgan fingerprint density at radius 2 is 2.27 bits per heavy atom. The van der Waals surface area contributed by atoms with E-state index in [1.165, 1.54) is 18.3 Å². The number of carboxylic acids is 1. The molecule has 5 heteroatoms. The Kier molecular flexibility index (Phi) is 2.19. The molecule has 0 aliphatic heterocycles. The number of hydrogen-bond donors (Lipinski definition) is 2. The number of aliphatic hydroxyl groups excluding tert-OH is 1. The average Bonchev–Trinajstić information content (AvgIpc) is 2.97. The van der Waals surface area contributed by atoms with Gasteiger partial charge < -0.3 is 10.2 Å². The highest BCUT2D eigenvalue weighted by Gasteiger charge is 2.54. The normalized spacial score (nSPS) is 19.6. The number of rotatable bonds is 3. The molecule has 1 atom stereocenters. The van der Waals surface area contributed by atoms with Crippen molar-refractivity contribution >= 4 is 5.97 Å². The third-order valence-electron chi connectivity index (χ3n) is 2.78. The highest BCUT2D eigenvalue weighted by Crippen LogP contribution is 2.50. The molecule has 15 heavy (non-hydrogen) atoms. The van der Waals surface area contributed by atoms with E-state index < -0.39 is 23.3 Å². The van der Waals surface area contributed by atoms with E-state index >= 15 is 0 Å². The Morgan fingerprint density at radius 3 is 2.73 bits per heavy atom. The van der Waals surface area contributed by atoms with E-state index in [-0.39, 0.29) is 0 Å². The molecule has 80 valence electrons. The first-order chi connectivity index (χ1) is 7.06. The Morgan fingerprint density at radius 1 is 1.60 bits per heavy atom. The molecular formula is C10H10FNO3. The van der Waals surface area contributed by atoms with Crippen molar-refractivity contribution in [2.45, 2.75) is 24.4 Å². The van der Waals surface area contributed by atoms with Gasteiger partial charge in [0.25, 0.3) is 0 Å². The van der Waals surface area contributed by atoms with Crippen molar-refractivity contribution in [2.75, 3.05) is 0 Å². The molecule has 1 unspecified atom stereocenters. The predicted octanol–water partition coefficient (Wildman–Crippen LogP) is 0.698. The number of aliphatic hydroxyl groups is 1. The van der Waals surface area contributed by atoms with Gasteiger partial charge in [-0.25, -0.2) is 9.18 Å². The van der Waals surface area contributed by atoms with Gasteiger partial charge in [0, 0.05) is 11.6 Å². The van der Waals surface area contributed by atoms with Crippen LogP contribution in [0.25, 0.3) is 0 Å². The SMILES string of the molecule is O=C(O)C(O)C1(c2cc(F)ccn2)CC1. The van der Waals surface area contributed by atoms with Crippen molar-refractivity contribution in [1.82, 2.24) is 4.98 Å². The van der Waals surface area contributed by atoms with Crippen LogP contribution in [0.1, 0.15) is 18.5 Å². The number of carboxylic acid groups (broad SMARTS) is 1. The maximum Gasteiger partial charge on any atom is 0.333 e. The van der Waals surface area contributed by atoms with Gasteiger partial charge in [-0.2, -0.15) is 0 Å². The lowest BCUT2D eigenvalue weighted by molar-refractivity contribution is -0.148. The van der Waals surface area contributed by atoms with Crippen molar-refractivity contribution in [3.05, 3.63) is 29.8 Å². The molecule has 2 rings (SSSR count). The second-order valence-electron chi connectivity index (χ2n) is 3.76. The molecule has 1 aromatic heterocycles. The summed E-state index contributed by atoms with van der Waals surface area (Å²) in [6.07, 6.45) is 0.819. The fourth-order valence-corrected chi connectivity index (χ4v) is 1.72. The van der Waals surface area contributed by atoms with E-state index in [1.54, 1.807) is 0 Å². The fourth-order valence-electron chi connectivity index (χ4n) is 1.72. The summed E-state index contributed by atoms with van der Waals surface area (Å²) in [5.41, 5.74) is -0.564. The van der Waals surface area contributed by atoms with Crippen molar-refractivity contribution < 1.29 is 19.4 Å². The van der Waals surface area contributed by atoms with E-state index in [0.29, 0.717) is 18.5 Å². The van der Waals surface area contributed by atoms with Gasteiger partial charge in [-0.3, -0.25) is 4.98 Å². The van der Waals surface area contributed by atoms with Gasteiger partial charge in [0.1, 0.15) is 5.82 Å². The monoisotopic (exact) mass is 211 g/mol. The van der Waals surface area contributed by atoms with Crippen LogP contribution in [0.2, 0.25) is 0 Å². The van der Waals surface area contributed by atoms with Crippen LogP contribution < -0.4 is 0 Å². The fraction of sp³-hybridized carbons (Fsp3) is 0.400. The Bertz CT molecular complexity index is 403. The summed E-state index contributed by atoms with van der Waals surface area (Å²) >= 11 is 0. The van der Waals surface area contributed by atoms with Crippen LogP contribution in [0.3, 0.4) is 0 Å². The first-order valence-electron chi connectivity index (χ1n) is 4.59. The van der Waals surface area contributed by atoms with E-state index in [4.69, 9.17) is 5.11 Å². The number of carbonyl (C=O) groups is 1. The van der Waals surface area contributed by atoms with Crippen LogP contribution in [0, 0.1) is 5.82 Å². The number of halogens is 1. The van der Waals surface area contributed by atoms with E-state index in [0.717, 1.165) is 0 Å². The topological polar surface area (TPSA) is 70.4 Å². The molecule has 0 bridgehead atoms. The largest absolute Gasteiger partial charge is 0.479 e. The Labute approximate surface area is 85.4 Å². The summed E-state index contributed by atoms with van der Waals surface area (Å²) in [4.78, 5) is 14.6. The molecule has 1 aliphatic rings. The van der Waals surface area contributed by atoms with Crippen LogP contribution in [-0.2, 0) is 10.2 Å². The first-order valence-corrected chi connectivity index (χ1v) is 4.59. The second kappa shape index (κ2) is 3.27. The van der Waals surface area contributed by atoms with Crippen molar-refractivity contribution in [3.8, 4) is 0 Å². The summed E-state index contributed by atoms with van der Waals surface area (Å²) in [6, 6.07) is 2.37. The molecule has 4 nitrogen and oxygen atoms in total. The predicted molar refractivity (Wildman–Crippen MR) is 48.7 cm³/mol. The highest BCUT2D eigenvalue weighted by molar-refractivity contribution is 5.75. The lowest BCUT2D eigenvalue weighted by Gasteiger charge is -2.17. The molecule has 0 radical (unpaired) electrons. The van der Waals surface area contributed by atoms with Gasteiger partial charge in [-0.15, -0.1) is 0 Å². The molecule has 1 saturated carbocycles. The maximum atomic E-state index is 12.9. The van der Waals surface area contributed by atoms with Crippen molar-refractivity contribution in [3.63, 3.8) is 0 Å². The quantitative estimate of drug-likeness (QED) is 0.772. The molecule has 1 heterocycles. The summed E-state index contributed by atoms with van der Waals surface area (Å²) in [6.45, 7) is 0. The van der Waals surface area contributed by atoms with E-state index in [9.17, 15) is 14.3 Å². The Hall–Kier alpha value is -1.49. The summed E-state index contributed by atoms with van der Waals surface area (Å²) in [7, 11) is 0. The minimum Gasteiger partial charge on any atom is -0.479 e. The van der Waals surface area contributed by atoms with Gasteiger partial charge in [0.05, 0.1) is 5.69 Å². The third-order valence-corrected chi connectivity index (χ3v) is 2.78. The van der Waals surface area contributed by atoms with Crippen LogP contribution in [-0.4, -0.2) is 27.3 Å². The van der Waals surface area contributed by atoms with Gasteiger partial charge in [0.2, 0.25) is 0 Å². The van der Waals surface area contributed by atoms with Crippen LogP contribution in [0.15, 0.2) is 18.3 Å². The molecule has 2 N–H and O–H groups in total. The third kappa shape index (κ3) is 1.59. The number of pyridine rings is 1. The lowest BCUT2D eigenvalue weighted by atomic mass is 9.94. The zero-order valence-electron chi connectivity index (χ0n) is 7.85. The van der Waals surface area contributed by atoms with Crippen LogP contribution in [0.5, 0.6) is 0 Å². The maximum absolute atomic E-state index is 12.9. The smallest absolute Gasteiger partial charge is 0.333 e. The van der Waals surface area contributed by atoms with Gasteiger partial charge in [-0.05, 0) is 25.0 Å². The molecule has 1 aromatic rings. The van der Waals surface area contributed by atoms with Gasteiger partial charge in [0.15, 0.2) is 6.10 Å². The molecule has 0 saturated heterocycles. The summed E-state index contributed by atoms with van der Waals surface area (Å²) in [5.74, 6) is -1.76. The summed E-state index contributed by atoms with van der Waals surface area (Å²) in [5, 5.41) is 18.2. The first kappa shape index (κ1) is 10.0. The Balaban J connectivity index is 2.34. The number of aliphatic carboxylic acids is 1. The van der Waals surface area contributed by atoms with E-state index in [2.05, 4.69) is 4.98 Å². The molecule has 0 spiro atoms. The van der Waals surface area contributed by atoms with Crippen LogP contribution in [0.4, 0.5) is 4.39 Å². The molecular weight excluding hydrogens is 201 g/mol. The molecule has 0 aromatic carbocycles. The molecule has 0 amide bonds. The highest BCUT2D eigenvalue weighted by atomic mass is 19.1. The second-order valence-corrected chi connectivity index (χ2v) is 3.76. The van der Waals surface area contributed by atoms with Gasteiger partial charge >= 0.3 is 5.97 Å². The average molecular weight is 211 g/mol. The zero-order valence-corrected chi connectivity index (χ0v) is 7.85. The number of hydrogen-bond acceptors (Lipinski definition) is 3. The zero-order chi connectivity index (χ0) is 11.1. The number of nitrogens with zero attached hydrogens (tertiary/aromatic N) is 1. The minimum absolute atomic E-state index is 0.317. The molecule has 1 fully saturated rings. The lowest BCUT2D eigenvalue weighted by Crippen LogP contribution is -2.34. The molecule has 1 aliphatic carbocycles. The van der Waals surface area contributed by atoms with Crippen molar-refractivity contribution in [1.29, 1.82) is 0 Å². The summed E-state index contributed by atoms with van der Waals surface area (Å²) < 4.78 is 12.9. The van der Waals surface area contributed by atoms with Crippen LogP contribution >= 0.6 is 0 Å². The minimum atomic E-state index is -1.51. The van der Waals surface area contributed by atoms with E-state index in [1.807, 2.05) is 0 Å². The number of aromatic nitrogens is 1. The standard InChI is InChI=1S/C10H10FNO3/c11-6-1-4-12-7(5-6)10(2-3-10)8(13)9(14)15/h1,4-5,8,13H,2-3H2,(H,14,15). The van der Waals surface area contributed by atoms with Crippen molar-refractivity contribution in [2.24, 2.45) is 0 Å². The van der Waals surface area contributed by atoms with Gasteiger partial charge in [-0.1, -0.05) is 0 Å².